The van der Waals surface area contributed by atoms with Crippen molar-refractivity contribution in [2.45, 2.75) is 265 Å². The molecule has 2 aromatic carbocycles. The van der Waals surface area contributed by atoms with Crippen LogP contribution in [0.15, 0.2) is 47.5 Å². The molecule has 0 amide bonds. The molecule has 0 radical (unpaired) electrons. The molecule has 0 N–H and O–H groups in total. The standard InChI is InChI=1S/C49H78N2.2C4H9.Ni/c1-7-13-19-22-23-27-33-47-46(32-24-16-10-4)48(45-38-42(30-25-20-14-8-2)35-43(39-45)31-26-21-15-9-3)51(50)49(47)44-36-40(28-17-11-5)34-41(37-44)29-18-12-6;2*1-3-4-2;/h34-39H,7-33H2,1-6H3;2*1,3-4H2,2H3;. The molecule has 0 atom stereocenters. The van der Waals surface area contributed by atoms with Gasteiger partial charge in [-0.25, -0.2) is 4.70 Å². The van der Waals surface area contributed by atoms with Crippen molar-refractivity contribution in [3.63, 3.8) is 0 Å². The molecular weight excluding hydrogens is 771 g/mol. The fourth-order valence-corrected chi connectivity index (χ4v) is 9.97. The zero-order valence-electron chi connectivity index (χ0n) is 41.0. The maximum atomic E-state index is 12.7. The number of aryl methyl sites for hydroxylation is 4. The molecule has 60 heavy (non-hydrogen) atoms. The Morgan fingerprint density at radius 2 is 0.617 bits per heavy atom. The van der Waals surface area contributed by atoms with Crippen LogP contribution in [0.4, 0.5) is 0 Å². The van der Waals surface area contributed by atoms with Crippen molar-refractivity contribution in [3.8, 4) is 0 Å². The zero-order valence-corrected chi connectivity index (χ0v) is 42.0. The van der Waals surface area contributed by atoms with E-state index in [-0.39, 0.29) is 0 Å². The molecule has 0 saturated carbocycles. The number of unbranched alkanes of at least 4 members (excludes halogenated alkanes) is 17. The van der Waals surface area contributed by atoms with Crippen molar-refractivity contribution in [1.29, 1.82) is 0 Å². The van der Waals surface area contributed by atoms with E-state index >= 15 is 0 Å². The average molecular weight is 868 g/mol. The van der Waals surface area contributed by atoms with Gasteiger partial charge in [0.05, 0.1) is 0 Å². The topological polar surface area (TPSA) is 25.3 Å². The zero-order chi connectivity index (χ0) is 43.6. The van der Waals surface area contributed by atoms with Gasteiger partial charge in [-0.05, 0) is 124 Å². The Morgan fingerprint density at radius 3 is 1.00 bits per heavy atom. The van der Waals surface area contributed by atoms with Crippen LogP contribution in [-0.2, 0) is 40.1 Å². The first-order chi connectivity index (χ1) is 29.4. The summed E-state index contributed by atoms with van der Waals surface area (Å²) in [6.07, 6.45) is 38.5. The van der Waals surface area contributed by atoms with E-state index in [4.69, 9.17) is 0 Å². The summed E-state index contributed by atoms with van der Waals surface area (Å²) in [5.41, 5.74) is 25.9. The van der Waals surface area contributed by atoms with E-state index in [0.717, 1.165) is 49.9 Å². The Hall–Kier alpha value is -1.99. The normalized spacial score (nSPS) is 12.9. The second kappa shape index (κ2) is 35.5. The van der Waals surface area contributed by atoms with Crippen LogP contribution in [0.25, 0.3) is 16.9 Å². The Morgan fingerprint density at radius 1 is 0.333 bits per heavy atom. The van der Waals surface area contributed by atoms with Gasteiger partial charge in [-0.3, -0.25) is 0 Å². The molecule has 2 aromatic rings. The van der Waals surface area contributed by atoms with Gasteiger partial charge in [-0.15, -0.1) is 0 Å². The van der Waals surface area contributed by atoms with E-state index < -0.39 is 0 Å². The molecule has 0 spiro atoms. The molecule has 2 nitrogen and oxygen atoms in total. The van der Waals surface area contributed by atoms with E-state index in [9.17, 15) is 5.53 Å². The molecule has 0 aliphatic carbocycles. The summed E-state index contributed by atoms with van der Waals surface area (Å²) in [5, 5.41) is 2.78. The number of benzene rings is 2. The van der Waals surface area contributed by atoms with Gasteiger partial charge in [0.2, 0.25) is 11.4 Å². The van der Waals surface area contributed by atoms with Crippen LogP contribution >= 0.6 is 0 Å². The SMILES string of the molecule is CCCCCCCCC1=C(c2cc(CCCC)cc(CCCC)c2)[N+](=[N-])C(c2cc(CCCCCC)cc(CCCCCC)c2)=C1CCCCC.CCC[CH2][Ni][CH2]CCC. The molecule has 0 saturated heterocycles. The number of nitrogens with zero attached hydrogens (tertiary/aromatic N) is 2. The van der Waals surface area contributed by atoms with E-state index in [1.165, 1.54) is 216 Å². The summed E-state index contributed by atoms with van der Waals surface area (Å²) in [6.45, 7) is 18.3. The van der Waals surface area contributed by atoms with Gasteiger partial charge < -0.3 is 5.53 Å². The Labute approximate surface area is 380 Å². The fraction of sp³-hybridized carbons (Fsp3) is 0.719. The van der Waals surface area contributed by atoms with Crippen molar-refractivity contribution >= 4 is 11.4 Å². The van der Waals surface area contributed by atoms with E-state index in [2.05, 4.69) is 91.8 Å². The summed E-state index contributed by atoms with van der Waals surface area (Å²) in [6, 6.07) is 14.7. The second-order valence-corrected chi connectivity index (χ2v) is 19.5. The van der Waals surface area contributed by atoms with Crippen molar-refractivity contribution in [2.24, 2.45) is 0 Å². The monoisotopic (exact) mass is 867 g/mol. The first-order valence-electron chi connectivity index (χ1n) is 26.1. The minimum atomic E-state index is 1.04. The first-order valence-corrected chi connectivity index (χ1v) is 27.5. The summed E-state index contributed by atoms with van der Waals surface area (Å²) >= 11 is 1.94. The van der Waals surface area contributed by atoms with Crippen LogP contribution in [-0.4, -0.2) is 4.70 Å². The Bertz CT molecular complexity index is 1420. The average Bonchev–Trinajstić information content (AvgIpc) is 3.53. The third kappa shape index (κ3) is 21.4. The van der Waals surface area contributed by atoms with Crippen molar-refractivity contribution in [1.82, 2.24) is 0 Å². The van der Waals surface area contributed by atoms with Crippen LogP contribution in [0.2, 0.25) is 10.8 Å². The molecule has 1 aliphatic rings. The van der Waals surface area contributed by atoms with Crippen LogP contribution in [0.5, 0.6) is 0 Å². The van der Waals surface area contributed by atoms with Crippen LogP contribution < -0.4 is 0 Å². The summed E-state index contributed by atoms with van der Waals surface area (Å²) in [7, 11) is 0. The number of hydrogen-bond acceptors (Lipinski definition) is 0. The van der Waals surface area contributed by atoms with Crippen molar-refractivity contribution in [2.75, 3.05) is 0 Å². The van der Waals surface area contributed by atoms with Crippen LogP contribution in [0, 0.1) is 0 Å². The number of rotatable bonds is 35. The molecule has 1 heterocycles. The summed E-state index contributed by atoms with van der Waals surface area (Å²) in [5.74, 6) is 0. The van der Waals surface area contributed by atoms with Gasteiger partial charge in [0, 0.05) is 22.3 Å². The molecule has 0 bridgehead atoms. The molecule has 1 aliphatic heterocycles. The third-order valence-electron chi connectivity index (χ3n) is 12.3. The van der Waals surface area contributed by atoms with Gasteiger partial charge in [-0.2, -0.15) is 0 Å². The third-order valence-corrected chi connectivity index (χ3v) is 13.6. The fourth-order valence-electron chi connectivity index (χ4n) is 8.53. The van der Waals surface area contributed by atoms with Crippen molar-refractivity contribution in [3.05, 3.63) is 86.5 Å². The van der Waals surface area contributed by atoms with Gasteiger partial charge in [-0.1, -0.05) is 150 Å². The first kappa shape index (κ1) is 54.1. The molecule has 0 aromatic heterocycles. The van der Waals surface area contributed by atoms with Crippen LogP contribution in [0.3, 0.4) is 0 Å². The molecule has 0 unspecified atom stereocenters. The Balaban J connectivity index is 0.00000123. The van der Waals surface area contributed by atoms with Crippen LogP contribution in [0.1, 0.15) is 262 Å². The minimum absolute atomic E-state index is 1.04. The molecule has 3 rings (SSSR count). The molecule has 344 valence electrons. The number of allylic oxidation sites excluding steroid dienone is 2. The van der Waals surface area contributed by atoms with Gasteiger partial charge in [0.25, 0.3) is 0 Å². The quantitative estimate of drug-likeness (QED) is 0.0375. The molecular formula is C57H96N2Ni. The summed E-state index contributed by atoms with van der Waals surface area (Å²) in [4.78, 5) is 0. The van der Waals surface area contributed by atoms with E-state index in [0.29, 0.717) is 0 Å². The predicted octanol–water partition coefficient (Wildman–Crippen LogP) is 19.6. The summed E-state index contributed by atoms with van der Waals surface area (Å²) < 4.78 is 1.69. The maximum absolute atomic E-state index is 12.7. The second-order valence-electron chi connectivity index (χ2n) is 18.0. The van der Waals surface area contributed by atoms with E-state index in [1.54, 1.807) is 4.70 Å². The van der Waals surface area contributed by atoms with Gasteiger partial charge in [0.15, 0.2) is 0 Å². The predicted molar refractivity (Wildman–Crippen MR) is 265 cm³/mol. The van der Waals surface area contributed by atoms with Crippen molar-refractivity contribution < 1.29 is 19.1 Å². The number of hydrogen-bond donors (Lipinski definition) is 0. The Kier molecular flexibility index (Phi) is 32.0. The van der Waals surface area contributed by atoms with E-state index in [1.807, 2.05) is 14.4 Å². The van der Waals surface area contributed by atoms with Gasteiger partial charge >= 0.3 is 64.8 Å². The molecule has 0 fully saturated rings. The molecule has 3 heteroatoms. The van der Waals surface area contributed by atoms with Gasteiger partial charge in [0.1, 0.15) is 0 Å².